The molecule has 0 aliphatic carbocycles. The van der Waals surface area contributed by atoms with Crippen molar-refractivity contribution in [1.82, 2.24) is 24.1 Å². The zero-order valence-electron chi connectivity index (χ0n) is 13.4. The van der Waals surface area contributed by atoms with Crippen molar-refractivity contribution < 1.29 is 4.79 Å². The van der Waals surface area contributed by atoms with Crippen LogP contribution in [0.15, 0.2) is 24.3 Å². The van der Waals surface area contributed by atoms with Gasteiger partial charge in [-0.3, -0.25) is 4.79 Å². The summed E-state index contributed by atoms with van der Waals surface area (Å²) in [7, 11) is 0. The van der Waals surface area contributed by atoms with E-state index in [2.05, 4.69) is 35.9 Å². The maximum absolute atomic E-state index is 11.3. The Bertz CT molecular complexity index is 902. The molecular weight excluding hydrogens is 324 g/mol. The van der Waals surface area contributed by atoms with E-state index in [0.29, 0.717) is 5.56 Å². The normalized spacial score (nSPS) is 16.9. The van der Waals surface area contributed by atoms with Crippen LogP contribution in [0.5, 0.6) is 0 Å². The number of carbonyl (C=O) groups excluding carboxylic acids is 1. The summed E-state index contributed by atoms with van der Waals surface area (Å²) >= 11 is 1.34. The molecule has 4 rings (SSSR count). The third-order valence-corrected chi connectivity index (χ3v) is 5.08. The van der Waals surface area contributed by atoms with E-state index < -0.39 is 0 Å². The van der Waals surface area contributed by atoms with Crippen LogP contribution in [0.4, 0.5) is 5.69 Å². The maximum atomic E-state index is 11.3. The maximum Gasteiger partial charge on any atom is 0.194 e. The number of anilines is 1. The van der Waals surface area contributed by atoms with Crippen LogP contribution in [-0.2, 0) is 6.54 Å². The Balaban J connectivity index is 1.72. The van der Waals surface area contributed by atoms with Gasteiger partial charge in [0.05, 0.1) is 6.04 Å². The standard InChI is InChI=1S/C16H16N6OS/c1-10-14-18-19-15(16-17-11(2)20-24-16)22(14)8-7-21(10)13-6-4-3-5-12(13)9-23/h3-6,9-10H,7-8H2,1-2H3/t10-/m1/s1. The fourth-order valence-electron chi connectivity index (χ4n) is 3.11. The van der Waals surface area contributed by atoms with Gasteiger partial charge in [0.2, 0.25) is 0 Å². The Labute approximate surface area is 143 Å². The van der Waals surface area contributed by atoms with E-state index in [1.165, 1.54) is 11.5 Å². The molecule has 0 fully saturated rings. The van der Waals surface area contributed by atoms with Crippen LogP contribution in [0.25, 0.3) is 10.8 Å². The van der Waals surface area contributed by atoms with Crippen molar-refractivity contribution in [3.8, 4) is 10.8 Å². The summed E-state index contributed by atoms with van der Waals surface area (Å²) in [6, 6.07) is 7.66. The van der Waals surface area contributed by atoms with Gasteiger partial charge in [-0.05, 0) is 37.5 Å². The molecule has 0 saturated carbocycles. The number of hydrogen-bond acceptors (Lipinski definition) is 7. The first kappa shape index (κ1) is 14.9. The SMILES string of the molecule is Cc1nsc(-c2nnc3n2CCN(c2ccccc2C=O)[C@@H]3C)n1. The topological polar surface area (TPSA) is 76.8 Å². The first-order valence-electron chi connectivity index (χ1n) is 7.73. The van der Waals surface area contributed by atoms with Crippen molar-refractivity contribution in [2.45, 2.75) is 26.4 Å². The number of hydrogen-bond donors (Lipinski definition) is 0. The van der Waals surface area contributed by atoms with Gasteiger partial charge in [-0.25, -0.2) is 4.98 Å². The average Bonchev–Trinajstić information content (AvgIpc) is 3.21. The van der Waals surface area contributed by atoms with E-state index in [9.17, 15) is 4.79 Å². The fourth-order valence-corrected chi connectivity index (χ4v) is 3.77. The molecule has 1 aromatic carbocycles. The van der Waals surface area contributed by atoms with Gasteiger partial charge in [-0.2, -0.15) is 4.37 Å². The molecule has 1 atom stereocenters. The minimum Gasteiger partial charge on any atom is -0.359 e. The predicted molar refractivity (Wildman–Crippen MR) is 91.3 cm³/mol. The molecule has 0 bridgehead atoms. The average molecular weight is 340 g/mol. The first-order chi connectivity index (χ1) is 11.7. The highest BCUT2D eigenvalue weighted by molar-refractivity contribution is 7.09. The second-order valence-electron chi connectivity index (χ2n) is 5.73. The smallest absolute Gasteiger partial charge is 0.194 e. The van der Waals surface area contributed by atoms with E-state index in [1.807, 2.05) is 31.2 Å². The molecule has 122 valence electrons. The largest absolute Gasteiger partial charge is 0.359 e. The Kier molecular flexibility index (Phi) is 3.61. The molecular formula is C16H16N6OS. The van der Waals surface area contributed by atoms with Gasteiger partial charge in [-0.1, -0.05) is 12.1 Å². The van der Waals surface area contributed by atoms with Crippen LogP contribution in [0.1, 0.15) is 35.0 Å². The summed E-state index contributed by atoms with van der Waals surface area (Å²) in [6.45, 7) is 5.47. The highest BCUT2D eigenvalue weighted by Crippen LogP contribution is 2.33. The lowest BCUT2D eigenvalue weighted by molar-refractivity contribution is 0.112. The van der Waals surface area contributed by atoms with Crippen molar-refractivity contribution in [2.75, 3.05) is 11.4 Å². The van der Waals surface area contributed by atoms with Gasteiger partial charge in [-0.15, -0.1) is 10.2 Å². The minimum atomic E-state index is 0.0233. The molecule has 0 unspecified atom stereocenters. The zero-order valence-corrected chi connectivity index (χ0v) is 14.2. The van der Waals surface area contributed by atoms with Crippen molar-refractivity contribution in [1.29, 1.82) is 0 Å². The number of aldehydes is 1. The zero-order chi connectivity index (χ0) is 16.7. The summed E-state index contributed by atoms with van der Waals surface area (Å²) in [5.74, 6) is 2.40. The second-order valence-corrected chi connectivity index (χ2v) is 6.48. The molecule has 1 aliphatic rings. The lowest BCUT2D eigenvalue weighted by Crippen LogP contribution is -2.37. The van der Waals surface area contributed by atoms with Gasteiger partial charge < -0.3 is 9.47 Å². The number of carbonyl (C=O) groups is 1. The van der Waals surface area contributed by atoms with Gasteiger partial charge in [0.15, 0.2) is 22.9 Å². The summed E-state index contributed by atoms with van der Waals surface area (Å²) < 4.78 is 6.33. The molecule has 0 amide bonds. The van der Waals surface area contributed by atoms with Gasteiger partial charge in [0.25, 0.3) is 0 Å². The number of fused-ring (bicyclic) bond motifs is 1. The third-order valence-electron chi connectivity index (χ3n) is 4.28. The van der Waals surface area contributed by atoms with Gasteiger partial charge in [0, 0.05) is 24.3 Å². The third kappa shape index (κ3) is 2.30. The van der Waals surface area contributed by atoms with Crippen LogP contribution < -0.4 is 4.90 Å². The minimum absolute atomic E-state index is 0.0233. The van der Waals surface area contributed by atoms with Crippen molar-refractivity contribution in [3.05, 3.63) is 41.5 Å². The molecule has 7 nitrogen and oxygen atoms in total. The second kappa shape index (κ2) is 5.79. The Hall–Kier alpha value is -2.61. The first-order valence-corrected chi connectivity index (χ1v) is 8.51. The number of aromatic nitrogens is 5. The monoisotopic (exact) mass is 340 g/mol. The molecule has 3 aromatic rings. The summed E-state index contributed by atoms with van der Waals surface area (Å²) in [5, 5.41) is 9.50. The number of rotatable bonds is 3. The molecule has 2 aromatic heterocycles. The number of aryl methyl sites for hydroxylation is 1. The van der Waals surface area contributed by atoms with Crippen LogP contribution >= 0.6 is 11.5 Å². The molecule has 0 saturated heterocycles. The summed E-state index contributed by atoms with van der Waals surface area (Å²) in [5.41, 5.74) is 1.62. The number of para-hydroxylation sites is 1. The van der Waals surface area contributed by atoms with Crippen LogP contribution in [0.2, 0.25) is 0 Å². The molecule has 0 N–H and O–H groups in total. The predicted octanol–water partition coefficient (Wildman–Crippen LogP) is 2.50. The van der Waals surface area contributed by atoms with Crippen molar-refractivity contribution >= 4 is 23.5 Å². The molecule has 3 heterocycles. The Morgan fingerprint density at radius 1 is 1.25 bits per heavy atom. The van der Waals surface area contributed by atoms with Gasteiger partial charge in [0.1, 0.15) is 5.82 Å². The van der Waals surface area contributed by atoms with E-state index >= 15 is 0 Å². The van der Waals surface area contributed by atoms with Crippen molar-refractivity contribution in [2.24, 2.45) is 0 Å². The van der Waals surface area contributed by atoms with E-state index in [0.717, 1.165) is 47.5 Å². The lowest BCUT2D eigenvalue weighted by atomic mass is 10.1. The highest BCUT2D eigenvalue weighted by Gasteiger charge is 2.30. The fraction of sp³-hybridized carbons (Fsp3) is 0.312. The Morgan fingerprint density at radius 2 is 2.08 bits per heavy atom. The number of nitrogens with zero attached hydrogens (tertiary/aromatic N) is 6. The molecule has 24 heavy (non-hydrogen) atoms. The Morgan fingerprint density at radius 3 is 2.83 bits per heavy atom. The summed E-state index contributed by atoms with van der Waals surface area (Å²) in [4.78, 5) is 18.0. The summed E-state index contributed by atoms with van der Waals surface area (Å²) in [6.07, 6.45) is 0.900. The molecule has 1 aliphatic heterocycles. The van der Waals surface area contributed by atoms with Crippen LogP contribution in [0, 0.1) is 6.92 Å². The van der Waals surface area contributed by atoms with E-state index in [1.54, 1.807) is 0 Å². The molecule has 0 radical (unpaired) electrons. The highest BCUT2D eigenvalue weighted by atomic mass is 32.1. The van der Waals surface area contributed by atoms with Gasteiger partial charge >= 0.3 is 0 Å². The quantitative estimate of drug-likeness (QED) is 0.682. The van der Waals surface area contributed by atoms with Crippen LogP contribution in [0.3, 0.4) is 0 Å². The van der Waals surface area contributed by atoms with E-state index in [4.69, 9.17) is 0 Å². The molecule has 8 heteroatoms. The number of benzene rings is 1. The van der Waals surface area contributed by atoms with Crippen LogP contribution in [-0.4, -0.2) is 37.0 Å². The lowest BCUT2D eigenvalue weighted by Gasteiger charge is -2.36. The van der Waals surface area contributed by atoms with Crippen molar-refractivity contribution in [3.63, 3.8) is 0 Å². The van der Waals surface area contributed by atoms with E-state index in [-0.39, 0.29) is 6.04 Å². The molecule has 0 spiro atoms.